The number of fused-ring (bicyclic) bond motifs is 4. The van der Waals surface area contributed by atoms with E-state index in [9.17, 15) is 13.2 Å². The molecule has 2 atom stereocenters. The Morgan fingerprint density at radius 2 is 1.92 bits per heavy atom. The highest BCUT2D eigenvalue weighted by atomic mass is 32.2. The Labute approximate surface area is 150 Å². The van der Waals surface area contributed by atoms with Gasteiger partial charge in [0.15, 0.2) is 9.84 Å². The van der Waals surface area contributed by atoms with Crippen LogP contribution in [0.5, 0.6) is 5.75 Å². The van der Waals surface area contributed by atoms with Crippen LogP contribution in [-0.4, -0.2) is 39.0 Å². The third-order valence-corrected chi connectivity index (χ3v) is 7.20. The van der Waals surface area contributed by atoms with E-state index in [1.807, 2.05) is 30.3 Å². The van der Waals surface area contributed by atoms with Crippen LogP contribution in [0.25, 0.3) is 21.9 Å². The van der Waals surface area contributed by atoms with Gasteiger partial charge in [-0.05, 0) is 12.1 Å². The number of anilines is 1. The molecule has 0 spiro atoms. The molecule has 5 rings (SSSR count). The lowest BCUT2D eigenvalue weighted by atomic mass is 10.0. The summed E-state index contributed by atoms with van der Waals surface area (Å²) in [4.78, 5) is 14.2. The molecule has 2 fully saturated rings. The molecule has 0 N–H and O–H groups in total. The van der Waals surface area contributed by atoms with E-state index in [4.69, 9.17) is 9.15 Å². The second kappa shape index (κ2) is 5.23. The van der Waals surface area contributed by atoms with E-state index < -0.39 is 9.84 Å². The van der Waals surface area contributed by atoms with Crippen molar-refractivity contribution >= 4 is 43.4 Å². The van der Waals surface area contributed by atoms with Crippen molar-refractivity contribution in [2.75, 3.05) is 23.5 Å². The first kappa shape index (κ1) is 15.7. The zero-order chi connectivity index (χ0) is 18.1. The second-order valence-electron chi connectivity index (χ2n) is 6.99. The molecule has 0 saturated carbocycles. The first-order chi connectivity index (χ1) is 12.5. The normalized spacial score (nSPS) is 24.5. The highest BCUT2D eigenvalue weighted by molar-refractivity contribution is 7.91. The molecule has 1 aromatic heterocycles. The van der Waals surface area contributed by atoms with E-state index in [1.54, 1.807) is 18.1 Å². The Hall–Kier alpha value is -2.54. The van der Waals surface area contributed by atoms with Crippen molar-refractivity contribution in [2.45, 2.75) is 12.5 Å². The third-order valence-electron chi connectivity index (χ3n) is 5.41. The number of para-hydroxylation sites is 1. The summed E-state index contributed by atoms with van der Waals surface area (Å²) in [5.74, 6) is 0.411. The lowest BCUT2D eigenvalue weighted by Gasteiger charge is -2.25. The number of hydrogen-bond acceptors (Lipinski definition) is 5. The van der Waals surface area contributed by atoms with E-state index in [0.29, 0.717) is 17.0 Å². The SMILES string of the molecule is COc1cc2c(cc1N1C(=O)C[C@H]3CS(=O)(=O)C[C@@H]31)oc1ccccc12. The second-order valence-corrected chi connectivity index (χ2v) is 9.14. The number of nitrogens with zero attached hydrogens (tertiary/aromatic N) is 1. The van der Waals surface area contributed by atoms with Gasteiger partial charge in [-0.15, -0.1) is 0 Å². The van der Waals surface area contributed by atoms with Gasteiger partial charge in [0, 0.05) is 29.2 Å². The molecule has 1 amide bonds. The van der Waals surface area contributed by atoms with E-state index in [0.717, 1.165) is 16.4 Å². The molecule has 2 aliphatic heterocycles. The van der Waals surface area contributed by atoms with Gasteiger partial charge < -0.3 is 14.1 Å². The Morgan fingerprint density at radius 3 is 2.73 bits per heavy atom. The van der Waals surface area contributed by atoms with Crippen molar-refractivity contribution in [2.24, 2.45) is 5.92 Å². The van der Waals surface area contributed by atoms with Gasteiger partial charge >= 0.3 is 0 Å². The van der Waals surface area contributed by atoms with Crippen LogP contribution < -0.4 is 9.64 Å². The van der Waals surface area contributed by atoms with Gasteiger partial charge in [-0.3, -0.25) is 4.79 Å². The number of rotatable bonds is 2. The number of hydrogen-bond donors (Lipinski definition) is 0. The zero-order valence-electron chi connectivity index (χ0n) is 14.1. The summed E-state index contributed by atoms with van der Waals surface area (Å²) in [6.45, 7) is 0. The summed E-state index contributed by atoms with van der Waals surface area (Å²) >= 11 is 0. The van der Waals surface area contributed by atoms with Crippen LogP contribution in [0.15, 0.2) is 40.8 Å². The van der Waals surface area contributed by atoms with E-state index in [1.165, 1.54) is 0 Å². The highest BCUT2D eigenvalue weighted by Crippen LogP contribution is 2.44. The number of carbonyl (C=O) groups excluding carboxylic acids is 1. The number of methoxy groups -OCH3 is 1. The smallest absolute Gasteiger partial charge is 0.227 e. The molecule has 3 heterocycles. The maximum absolute atomic E-state index is 12.6. The molecule has 26 heavy (non-hydrogen) atoms. The molecule has 6 nitrogen and oxygen atoms in total. The Morgan fingerprint density at radius 1 is 1.12 bits per heavy atom. The van der Waals surface area contributed by atoms with Crippen LogP contribution >= 0.6 is 0 Å². The first-order valence-corrected chi connectivity index (χ1v) is 10.3. The summed E-state index contributed by atoms with van der Waals surface area (Å²) in [5, 5.41) is 1.88. The fourth-order valence-electron chi connectivity index (χ4n) is 4.29. The number of ether oxygens (including phenoxy) is 1. The summed E-state index contributed by atoms with van der Waals surface area (Å²) in [7, 11) is -1.56. The molecule has 0 unspecified atom stereocenters. The van der Waals surface area contributed by atoms with Gasteiger partial charge in [-0.1, -0.05) is 18.2 Å². The molecular formula is C19H17NO5S. The van der Waals surface area contributed by atoms with Crippen molar-refractivity contribution in [1.82, 2.24) is 0 Å². The highest BCUT2D eigenvalue weighted by Gasteiger charge is 2.50. The van der Waals surface area contributed by atoms with Crippen LogP contribution in [0.1, 0.15) is 6.42 Å². The van der Waals surface area contributed by atoms with Crippen molar-refractivity contribution in [3.05, 3.63) is 36.4 Å². The van der Waals surface area contributed by atoms with Gasteiger partial charge in [0.1, 0.15) is 16.9 Å². The van der Waals surface area contributed by atoms with Gasteiger partial charge in [0.05, 0.1) is 30.3 Å². The summed E-state index contributed by atoms with van der Waals surface area (Å²) < 4.78 is 35.5. The molecule has 0 radical (unpaired) electrons. The average Bonchev–Trinajstić information content (AvgIpc) is 3.19. The van der Waals surface area contributed by atoms with Crippen LogP contribution in [0.2, 0.25) is 0 Å². The Kier molecular flexibility index (Phi) is 3.16. The monoisotopic (exact) mass is 371 g/mol. The maximum Gasteiger partial charge on any atom is 0.227 e. The average molecular weight is 371 g/mol. The molecule has 0 aliphatic carbocycles. The predicted octanol–water partition coefficient (Wildman–Crippen LogP) is 2.74. The quantitative estimate of drug-likeness (QED) is 0.692. The summed E-state index contributed by atoms with van der Waals surface area (Å²) in [6, 6.07) is 11.0. The number of amides is 1. The van der Waals surface area contributed by atoms with Crippen molar-refractivity contribution in [3.63, 3.8) is 0 Å². The van der Waals surface area contributed by atoms with Gasteiger partial charge in [0.2, 0.25) is 5.91 Å². The van der Waals surface area contributed by atoms with Gasteiger partial charge in [-0.2, -0.15) is 0 Å². The van der Waals surface area contributed by atoms with Gasteiger partial charge in [-0.25, -0.2) is 8.42 Å². The van der Waals surface area contributed by atoms with E-state index >= 15 is 0 Å². The molecule has 7 heteroatoms. The van der Waals surface area contributed by atoms with Crippen LogP contribution in [-0.2, 0) is 14.6 Å². The molecular weight excluding hydrogens is 354 g/mol. The topological polar surface area (TPSA) is 76.8 Å². The number of benzene rings is 2. The standard InChI is InChI=1S/C19H17NO5S/c1-24-18-7-13-12-4-2-3-5-16(12)25-17(13)8-14(18)20-15-10-26(22,23)9-11(15)6-19(20)21/h2-5,7-8,11,15H,6,9-10H2,1H3/t11-,15-/m0/s1. The van der Waals surface area contributed by atoms with E-state index in [2.05, 4.69) is 0 Å². The molecule has 3 aromatic rings. The Bertz CT molecular complexity index is 1160. The minimum atomic E-state index is -3.11. The lowest BCUT2D eigenvalue weighted by Crippen LogP contribution is -2.36. The largest absolute Gasteiger partial charge is 0.495 e. The van der Waals surface area contributed by atoms with Crippen LogP contribution in [0, 0.1) is 5.92 Å². The molecule has 0 bridgehead atoms. The van der Waals surface area contributed by atoms with E-state index in [-0.39, 0.29) is 35.8 Å². The summed E-state index contributed by atoms with van der Waals surface area (Å²) in [5.41, 5.74) is 1.99. The van der Waals surface area contributed by atoms with Crippen molar-refractivity contribution in [3.8, 4) is 5.75 Å². The third kappa shape index (κ3) is 2.16. The zero-order valence-corrected chi connectivity index (χ0v) is 15.0. The maximum atomic E-state index is 12.6. The Balaban J connectivity index is 1.70. The molecule has 2 aromatic carbocycles. The summed E-state index contributed by atoms with van der Waals surface area (Å²) in [6.07, 6.45) is 0.255. The van der Waals surface area contributed by atoms with Gasteiger partial charge in [0.25, 0.3) is 0 Å². The molecule has 2 saturated heterocycles. The molecule has 134 valence electrons. The molecule has 2 aliphatic rings. The van der Waals surface area contributed by atoms with Crippen LogP contribution in [0.3, 0.4) is 0 Å². The minimum Gasteiger partial charge on any atom is -0.495 e. The van der Waals surface area contributed by atoms with Crippen molar-refractivity contribution in [1.29, 1.82) is 0 Å². The lowest BCUT2D eigenvalue weighted by molar-refractivity contribution is -0.117. The first-order valence-electron chi connectivity index (χ1n) is 8.48. The van der Waals surface area contributed by atoms with Crippen LogP contribution in [0.4, 0.5) is 5.69 Å². The number of carbonyl (C=O) groups is 1. The minimum absolute atomic E-state index is 0.00469. The number of furan rings is 1. The fourth-order valence-corrected chi connectivity index (χ4v) is 6.36. The fraction of sp³-hybridized carbons (Fsp3) is 0.316. The van der Waals surface area contributed by atoms with Crippen molar-refractivity contribution < 1.29 is 22.4 Å². The number of sulfone groups is 1. The predicted molar refractivity (Wildman–Crippen MR) is 98.3 cm³/mol.